The van der Waals surface area contributed by atoms with Crippen molar-refractivity contribution in [3.63, 3.8) is 0 Å². The first-order valence-corrected chi connectivity index (χ1v) is 7.12. The summed E-state index contributed by atoms with van der Waals surface area (Å²) in [6, 6.07) is 0. The summed E-state index contributed by atoms with van der Waals surface area (Å²) in [6.45, 7) is 0. The highest BCUT2D eigenvalue weighted by Gasteiger charge is 2.39. The predicted octanol–water partition coefficient (Wildman–Crippen LogP) is 4.56. The van der Waals surface area contributed by atoms with Gasteiger partial charge in [0.25, 0.3) is 0 Å². The molecule has 3 rings (SSSR count). The first kappa shape index (κ1) is 9.93. The van der Waals surface area contributed by atoms with Crippen molar-refractivity contribution in [1.29, 1.82) is 0 Å². The van der Waals surface area contributed by atoms with Crippen molar-refractivity contribution in [1.82, 2.24) is 0 Å². The van der Waals surface area contributed by atoms with E-state index in [1.165, 1.54) is 44.9 Å². The van der Waals surface area contributed by atoms with Gasteiger partial charge in [-0.25, -0.2) is 0 Å². The van der Waals surface area contributed by atoms with Gasteiger partial charge in [0.2, 0.25) is 0 Å². The van der Waals surface area contributed by atoms with E-state index >= 15 is 0 Å². The van der Waals surface area contributed by atoms with Gasteiger partial charge in [0.1, 0.15) is 0 Å². The van der Waals surface area contributed by atoms with Crippen LogP contribution >= 0.6 is 0 Å². The largest absolute Gasteiger partial charge is 0.0851 e. The standard InChI is InChI=1S/C15H24/c1-2-4-6-13(7-5-3-1)15-11-12-8-9-14(15)10-12/h8-9,12-15H,1-7,10-11H2. The smallest absolute Gasteiger partial charge is 0.0197 e. The van der Waals surface area contributed by atoms with E-state index in [1.807, 2.05) is 0 Å². The number of hydrogen-bond acceptors (Lipinski definition) is 0. The number of allylic oxidation sites excluding steroid dienone is 2. The van der Waals surface area contributed by atoms with Crippen molar-refractivity contribution in [3.05, 3.63) is 12.2 Å². The second-order valence-electron chi connectivity index (χ2n) is 6.05. The van der Waals surface area contributed by atoms with Crippen molar-refractivity contribution < 1.29 is 0 Å². The monoisotopic (exact) mass is 204 g/mol. The normalized spacial score (nSPS) is 41.7. The van der Waals surface area contributed by atoms with Gasteiger partial charge < -0.3 is 0 Å². The molecule has 3 unspecified atom stereocenters. The van der Waals surface area contributed by atoms with Crippen molar-refractivity contribution in [3.8, 4) is 0 Å². The molecule has 0 aromatic carbocycles. The SMILES string of the molecule is C1=CC2CC1CC2C1CCCCCCC1. The Hall–Kier alpha value is -0.260. The number of fused-ring (bicyclic) bond motifs is 2. The molecule has 0 spiro atoms. The van der Waals surface area contributed by atoms with E-state index < -0.39 is 0 Å². The van der Waals surface area contributed by atoms with Crippen molar-refractivity contribution >= 4 is 0 Å². The molecule has 0 radical (unpaired) electrons. The average Bonchev–Trinajstić information content (AvgIpc) is 2.78. The Morgan fingerprint density at radius 1 is 0.733 bits per heavy atom. The van der Waals surface area contributed by atoms with E-state index in [-0.39, 0.29) is 0 Å². The van der Waals surface area contributed by atoms with Crippen LogP contribution in [0.25, 0.3) is 0 Å². The van der Waals surface area contributed by atoms with E-state index in [4.69, 9.17) is 0 Å². The topological polar surface area (TPSA) is 0 Å². The van der Waals surface area contributed by atoms with Crippen molar-refractivity contribution in [2.45, 2.75) is 57.8 Å². The zero-order chi connectivity index (χ0) is 10.1. The summed E-state index contributed by atoms with van der Waals surface area (Å²) in [4.78, 5) is 0. The number of hydrogen-bond donors (Lipinski definition) is 0. The molecule has 0 heterocycles. The van der Waals surface area contributed by atoms with Crippen LogP contribution in [0.4, 0.5) is 0 Å². The first-order valence-electron chi connectivity index (χ1n) is 7.12. The second kappa shape index (κ2) is 4.31. The summed E-state index contributed by atoms with van der Waals surface area (Å²) >= 11 is 0. The zero-order valence-electron chi connectivity index (χ0n) is 9.83. The highest BCUT2D eigenvalue weighted by Crippen LogP contribution is 2.49. The molecule has 3 atom stereocenters. The third-order valence-electron chi connectivity index (χ3n) is 5.09. The minimum atomic E-state index is 0.977. The molecule has 3 aliphatic carbocycles. The molecule has 0 N–H and O–H groups in total. The molecule has 2 bridgehead atoms. The fourth-order valence-corrected chi connectivity index (χ4v) is 4.28. The highest BCUT2D eigenvalue weighted by atomic mass is 14.4. The van der Waals surface area contributed by atoms with E-state index in [0.717, 1.165) is 23.7 Å². The minimum Gasteiger partial charge on any atom is -0.0851 e. The number of rotatable bonds is 1. The molecule has 0 heteroatoms. The Bertz CT molecular complexity index is 232. The molecule has 0 amide bonds. The van der Waals surface area contributed by atoms with Crippen LogP contribution in [-0.2, 0) is 0 Å². The minimum absolute atomic E-state index is 0.977. The van der Waals surface area contributed by atoms with Crippen molar-refractivity contribution in [2.24, 2.45) is 23.7 Å². The van der Waals surface area contributed by atoms with Gasteiger partial charge in [0.15, 0.2) is 0 Å². The lowest BCUT2D eigenvalue weighted by Gasteiger charge is -2.30. The van der Waals surface area contributed by atoms with Gasteiger partial charge in [0.05, 0.1) is 0 Å². The molecular weight excluding hydrogens is 180 g/mol. The molecule has 0 nitrogen and oxygen atoms in total. The van der Waals surface area contributed by atoms with Crippen LogP contribution in [0.15, 0.2) is 12.2 Å². The molecule has 0 aromatic rings. The summed E-state index contributed by atoms with van der Waals surface area (Å²) in [5, 5.41) is 0. The van der Waals surface area contributed by atoms with Gasteiger partial charge in [-0.1, -0.05) is 57.1 Å². The first-order chi connectivity index (χ1) is 7.43. The molecule has 0 aliphatic heterocycles. The van der Waals surface area contributed by atoms with Crippen LogP contribution in [-0.4, -0.2) is 0 Å². The summed E-state index contributed by atoms with van der Waals surface area (Å²) in [5.41, 5.74) is 0. The van der Waals surface area contributed by atoms with Crippen LogP contribution in [0, 0.1) is 23.7 Å². The summed E-state index contributed by atoms with van der Waals surface area (Å²) < 4.78 is 0. The quantitative estimate of drug-likeness (QED) is 0.549. The maximum Gasteiger partial charge on any atom is -0.0197 e. The molecule has 2 saturated carbocycles. The maximum atomic E-state index is 2.54. The van der Waals surface area contributed by atoms with Crippen LogP contribution in [0.5, 0.6) is 0 Å². The lowest BCUT2D eigenvalue weighted by molar-refractivity contribution is 0.233. The third-order valence-corrected chi connectivity index (χ3v) is 5.09. The lowest BCUT2D eigenvalue weighted by atomic mass is 9.76. The van der Waals surface area contributed by atoms with E-state index in [9.17, 15) is 0 Å². The van der Waals surface area contributed by atoms with Crippen molar-refractivity contribution in [2.75, 3.05) is 0 Å². The Kier molecular flexibility index (Phi) is 2.86. The molecular formula is C15H24. The molecule has 15 heavy (non-hydrogen) atoms. The Morgan fingerprint density at radius 2 is 1.47 bits per heavy atom. The summed E-state index contributed by atoms with van der Waals surface area (Å²) in [6.07, 6.45) is 18.7. The van der Waals surface area contributed by atoms with Gasteiger partial charge in [-0.15, -0.1) is 0 Å². The Morgan fingerprint density at radius 3 is 2.07 bits per heavy atom. The maximum absolute atomic E-state index is 2.54. The molecule has 0 saturated heterocycles. The predicted molar refractivity (Wildman–Crippen MR) is 64.7 cm³/mol. The molecule has 0 aromatic heterocycles. The molecule has 2 fully saturated rings. The van der Waals surface area contributed by atoms with Crippen LogP contribution < -0.4 is 0 Å². The van der Waals surface area contributed by atoms with Gasteiger partial charge >= 0.3 is 0 Å². The van der Waals surface area contributed by atoms with Crippen LogP contribution in [0.1, 0.15) is 57.8 Å². The third kappa shape index (κ3) is 2.00. The molecule has 84 valence electrons. The van der Waals surface area contributed by atoms with Gasteiger partial charge in [-0.2, -0.15) is 0 Å². The summed E-state index contributed by atoms with van der Waals surface area (Å²) in [5.74, 6) is 4.13. The van der Waals surface area contributed by atoms with Gasteiger partial charge in [-0.3, -0.25) is 0 Å². The fourth-order valence-electron chi connectivity index (χ4n) is 4.28. The average molecular weight is 204 g/mol. The van der Waals surface area contributed by atoms with E-state index in [2.05, 4.69) is 12.2 Å². The Labute approximate surface area is 94.1 Å². The van der Waals surface area contributed by atoms with Gasteiger partial charge in [0, 0.05) is 0 Å². The fraction of sp³-hybridized carbons (Fsp3) is 0.867. The van der Waals surface area contributed by atoms with E-state index in [1.54, 1.807) is 12.8 Å². The zero-order valence-corrected chi connectivity index (χ0v) is 9.83. The van der Waals surface area contributed by atoms with Crippen LogP contribution in [0.2, 0.25) is 0 Å². The second-order valence-corrected chi connectivity index (χ2v) is 6.05. The lowest BCUT2D eigenvalue weighted by Crippen LogP contribution is -2.20. The molecule has 3 aliphatic rings. The van der Waals surface area contributed by atoms with E-state index in [0.29, 0.717) is 0 Å². The Balaban J connectivity index is 1.62. The van der Waals surface area contributed by atoms with Crippen LogP contribution in [0.3, 0.4) is 0 Å². The highest BCUT2D eigenvalue weighted by molar-refractivity contribution is 5.11. The summed E-state index contributed by atoms with van der Waals surface area (Å²) in [7, 11) is 0. The van der Waals surface area contributed by atoms with Gasteiger partial charge in [-0.05, 0) is 36.5 Å².